The Morgan fingerprint density at radius 1 is 1.38 bits per heavy atom. The molecule has 0 aromatic heterocycles. The number of rotatable bonds is 4. The van der Waals surface area contributed by atoms with Crippen LogP contribution in [-0.4, -0.2) is 50.0 Å². The Labute approximate surface area is 99.1 Å². The molecule has 1 aliphatic heterocycles. The first kappa shape index (κ1) is 13.9. The van der Waals surface area contributed by atoms with Gasteiger partial charge in [0.15, 0.2) is 0 Å². The third-order valence-electron chi connectivity index (χ3n) is 4.14. The summed E-state index contributed by atoms with van der Waals surface area (Å²) in [6.45, 7) is 4.86. The Kier molecular flexibility index (Phi) is 4.37. The molecule has 1 rings (SSSR count). The van der Waals surface area contributed by atoms with Crippen LogP contribution in [0.25, 0.3) is 0 Å². The Hall–Kier alpha value is -0.130. The van der Waals surface area contributed by atoms with Crippen LogP contribution in [0.15, 0.2) is 0 Å². The molecule has 1 heterocycles. The summed E-state index contributed by atoms with van der Waals surface area (Å²) >= 11 is 0. The van der Waals surface area contributed by atoms with E-state index in [0.29, 0.717) is 25.4 Å². The molecule has 16 heavy (non-hydrogen) atoms. The van der Waals surface area contributed by atoms with E-state index in [0.717, 1.165) is 6.42 Å². The van der Waals surface area contributed by atoms with Crippen LogP contribution in [0.1, 0.15) is 33.1 Å². The van der Waals surface area contributed by atoms with Crippen molar-refractivity contribution in [2.24, 2.45) is 5.73 Å². The van der Waals surface area contributed by atoms with Gasteiger partial charge in [-0.25, -0.2) is 8.42 Å². The third-order valence-corrected chi connectivity index (χ3v) is 5.79. The topological polar surface area (TPSA) is 63.4 Å². The molecule has 2 N–H and O–H groups in total. The van der Waals surface area contributed by atoms with Crippen LogP contribution in [-0.2, 0) is 9.84 Å². The lowest BCUT2D eigenvalue weighted by Gasteiger charge is -2.46. The fourth-order valence-corrected chi connectivity index (χ4v) is 3.95. The first-order valence-corrected chi connectivity index (χ1v) is 7.82. The van der Waals surface area contributed by atoms with Gasteiger partial charge in [-0.2, -0.15) is 0 Å². The van der Waals surface area contributed by atoms with Gasteiger partial charge in [0.25, 0.3) is 0 Å². The molecule has 0 saturated carbocycles. The lowest BCUT2D eigenvalue weighted by Crippen LogP contribution is -2.58. The standard InChI is InChI=1S/C11H24N2O2S/c1-4-10(2)13(3)11(9-12)5-7-16(14,15)8-6-11/h10H,4-9,12H2,1-3H3. The molecule has 1 saturated heterocycles. The molecule has 0 radical (unpaired) electrons. The van der Waals surface area contributed by atoms with Gasteiger partial charge < -0.3 is 5.73 Å². The van der Waals surface area contributed by atoms with Gasteiger partial charge in [0.2, 0.25) is 0 Å². The highest BCUT2D eigenvalue weighted by atomic mass is 32.2. The number of sulfone groups is 1. The Morgan fingerprint density at radius 3 is 2.25 bits per heavy atom. The predicted octanol–water partition coefficient (Wildman–Crippen LogP) is 0.623. The second-order valence-electron chi connectivity index (χ2n) is 4.95. The van der Waals surface area contributed by atoms with Gasteiger partial charge >= 0.3 is 0 Å². The van der Waals surface area contributed by atoms with E-state index in [4.69, 9.17) is 5.73 Å². The average Bonchev–Trinajstić information content (AvgIpc) is 2.28. The van der Waals surface area contributed by atoms with Gasteiger partial charge in [-0.15, -0.1) is 0 Å². The lowest BCUT2D eigenvalue weighted by atomic mass is 9.89. The van der Waals surface area contributed by atoms with E-state index in [-0.39, 0.29) is 17.0 Å². The summed E-state index contributed by atoms with van der Waals surface area (Å²) in [7, 11) is -0.744. The summed E-state index contributed by atoms with van der Waals surface area (Å²) in [5.41, 5.74) is 5.77. The molecular formula is C11H24N2O2S. The van der Waals surface area contributed by atoms with Crippen molar-refractivity contribution < 1.29 is 8.42 Å². The highest BCUT2D eigenvalue weighted by Gasteiger charge is 2.40. The third kappa shape index (κ3) is 2.76. The monoisotopic (exact) mass is 248 g/mol. The number of hydrogen-bond donors (Lipinski definition) is 1. The maximum Gasteiger partial charge on any atom is 0.150 e. The molecule has 1 aliphatic rings. The van der Waals surface area contributed by atoms with Crippen molar-refractivity contribution >= 4 is 9.84 Å². The molecule has 0 spiro atoms. The summed E-state index contributed by atoms with van der Waals surface area (Å²) in [6, 6.07) is 0.448. The van der Waals surface area contributed by atoms with E-state index in [9.17, 15) is 8.42 Å². The van der Waals surface area contributed by atoms with Crippen LogP contribution in [0.2, 0.25) is 0 Å². The van der Waals surface area contributed by atoms with Gasteiger partial charge in [0.05, 0.1) is 11.5 Å². The van der Waals surface area contributed by atoms with Crippen molar-refractivity contribution in [1.82, 2.24) is 4.90 Å². The maximum atomic E-state index is 11.5. The van der Waals surface area contributed by atoms with E-state index in [2.05, 4.69) is 25.8 Å². The first-order valence-electron chi connectivity index (χ1n) is 6.00. The SMILES string of the molecule is CCC(C)N(C)C1(CN)CCS(=O)(=O)CC1. The zero-order valence-electron chi connectivity index (χ0n) is 10.6. The fourth-order valence-electron chi connectivity index (χ4n) is 2.36. The van der Waals surface area contributed by atoms with Crippen molar-refractivity contribution in [1.29, 1.82) is 0 Å². The fraction of sp³-hybridized carbons (Fsp3) is 1.00. The van der Waals surface area contributed by atoms with Gasteiger partial charge in [-0.05, 0) is 33.2 Å². The van der Waals surface area contributed by atoms with E-state index < -0.39 is 9.84 Å². The maximum absolute atomic E-state index is 11.5. The van der Waals surface area contributed by atoms with Gasteiger partial charge in [0, 0.05) is 18.1 Å². The smallest absolute Gasteiger partial charge is 0.150 e. The van der Waals surface area contributed by atoms with Gasteiger partial charge in [-0.1, -0.05) is 6.92 Å². The van der Waals surface area contributed by atoms with Crippen molar-refractivity contribution in [3.05, 3.63) is 0 Å². The van der Waals surface area contributed by atoms with Crippen molar-refractivity contribution in [3.8, 4) is 0 Å². The number of nitrogens with two attached hydrogens (primary N) is 1. The van der Waals surface area contributed by atoms with Crippen molar-refractivity contribution in [2.75, 3.05) is 25.1 Å². The Bertz CT molecular complexity index is 313. The minimum absolute atomic E-state index is 0.110. The summed E-state index contributed by atoms with van der Waals surface area (Å²) in [4.78, 5) is 2.28. The molecule has 5 heteroatoms. The number of nitrogens with zero attached hydrogens (tertiary/aromatic N) is 1. The molecular weight excluding hydrogens is 224 g/mol. The predicted molar refractivity (Wildman–Crippen MR) is 67.2 cm³/mol. The molecule has 0 amide bonds. The molecule has 1 atom stereocenters. The van der Waals surface area contributed by atoms with Crippen LogP contribution in [0.3, 0.4) is 0 Å². The molecule has 0 aromatic rings. The average molecular weight is 248 g/mol. The molecule has 4 nitrogen and oxygen atoms in total. The Morgan fingerprint density at radius 2 is 1.88 bits per heavy atom. The number of likely N-dealkylation sites (N-methyl/N-ethyl adjacent to an activating group) is 1. The summed E-state index contributed by atoms with van der Waals surface area (Å²) in [6.07, 6.45) is 2.41. The van der Waals surface area contributed by atoms with Crippen LogP contribution < -0.4 is 5.73 Å². The van der Waals surface area contributed by atoms with Crippen molar-refractivity contribution in [2.45, 2.75) is 44.7 Å². The molecule has 0 aliphatic carbocycles. The van der Waals surface area contributed by atoms with Crippen molar-refractivity contribution in [3.63, 3.8) is 0 Å². The summed E-state index contributed by atoms with van der Waals surface area (Å²) < 4.78 is 22.9. The minimum Gasteiger partial charge on any atom is -0.329 e. The van der Waals surface area contributed by atoms with Crippen LogP contribution in [0.5, 0.6) is 0 Å². The largest absolute Gasteiger partial charge is 0.329 e. The Balaban J connectivity index is 2.80. The number of hydrogen-bond acceptors (Lipinski definition) is 4. The highest BCUT2D eigenvalue weighted by molar-refractivity contribution is 7.91. The van der Waals surface area contributed by atoms with Gasteiger partial charge in [-0.3, -0.25) is 4.90 Å². The van der Waals surface area contributed by atoms with Crippen LogP contribution in [0, 0.1) is 0 Å². The normalized spacial score (nSPS) is 25.6. The summed E-state index contributed by atoms with van der Waals surface area (Å²) in [5, 5.41) is 0. The minimum atomic E-state index is -2.81. The molecule has 0 bridgehead atoms. The zero-order valence-corrected chi connectivity index (χ0v) is 11.4. The van der Waals surface area contributed by atoms with E-state index >= 15 is 0 Å². The zero-order chi connectivity index (χ0) is 12.4. The van der Waals surface area contributed by atoms with Gasteiger partial charge in [0.1, 0.15) is 9.84 Å². The quantitative estimate of drug-likeness (QED) is 0.792. The van der Waals surface area contributed by atoms with Crippen LogP contribution in [0.4, 0.5) is 0 Å². The molecule has 96 valence electrons. The lowest BCUT2D eigenvalue weighted by molar-refractivity contribution is 0.0726. The second-order valence-corrected chi connectivity index (χ2v) is 7.25. The molecule has 1 unspecified atom stereocenters. The van der Waals surface area contributed by atoms with E-state index in [1.807, 2.05) is 0 Å². The first-order chi connectivity index (χ1) is 7.37. The van der Waals surface area contributed by atoms with E-state index in [1.54, 1.807) is 0 Å². The molecule has 0 aromatic carbocycles. The second kappa shape index (κ2) is 5.02. The summed E-state index contributed by atoms with van der Waals surface area (Å²) in [5.74, 6) is 0.565. The molecule has 1 fully saturated rings. The van der Waals surface area contributed by atoms with E-state index in [1.165, 1.54) is 0 Å². The van der Waals surface area contributed by atoms with Crippen LogP contribution >= 0.6 is 0 Å². The highest BCUT2D eigenvalue weighted by Crippen LogP contribution is 2.30.